The second kappa shape index (κ2) is 11.6. The van der Waals surface area contributed by atoms with Crippen LogP contribution in [0.1, 0.15) is 59.8 Å². The molecule has 0 aromatic carbocycles. The summed E-state index contributed by atoms with van der Waals surface area (Å²) < 4.78 is 22.8. The Morgan fingerprint density at radius 1 is 1.09 bits per heavy atom. The fourth-order valence-corrected chi connectivity index (χ4v) is 8.08. The van der Waals surface area contributed by atoms with Crippen LogP contribution in [0.2, 0.25) is 0 Å². The molecule has 1 saturated heterocycles. The van der Waals surface area contributed by atoms with Crippen LogP contribution in [0.3, 0.4) is 0 Å². The van der Waals surface area contributed by atoms with Crippen molar-refractivity contribution >= 4 is 48.7 Å². The minimum Gasteiger partial charge on any atom is -0.346 e. The van der Waals surface area contributed by atoms with Gasteiger partial charge in [0.15, 0.2) is 0 Å². The fourth-order valence-electron chi connectivity index (χ4n) is 4.49. The van der Waals surface area contributed by atoms with Crippen molar-refractivity contribution in [2.24, 2.45) is 0 Å². The summed E-state index contributed by atoms with van der Waals surface area (Å²) in [4.78, 5) is 39.5. The van der Waals surface area contributed by atoms with Crippen LogP contribution in [0.15, 0.2) is 0 Å². The van der Waals surface area contributed by atoms with Gasteiger partial charge < -0.3 is 24.6 Å². The van der Waals surface area contributed by atoms with Gasteiger partial charge in [-0.25, -0.2) is 0 Å². The number of halogens is 1. The van der Waals surface area contributed by atoms with Gasteiger partial charge in [0.1, 0.15) is 18.2 Å². The van der Waals surface area contributed by atoms with Crippen molar-refractivity contribution < 1.29 is 28.0 Å². The number of hydrogen-bond acceptors (Lipinski definition) is 7. The maximum Gasteiger partial charge on any atom is 0.349 e. The predicted molar refractivity (Wildman–Crippen MR) is 126 cm³/mol. The lowest BCUT2D eigenvalue weighted by Crippen LogP contribution is -2.60. The highest BCUT2D eigenvalue weighted by Gasteiger charge is 2.60. The van der Waals surface area contributed by atoms with E-state index in [1.807, 2.05) is 13.8 Å². The van der Waals surface area contributed by atoms with E-state index in [0.29, 0.717) is 0 Å². The molecule has 0 aromatic heterocycles. The number of nitrogens with zero attached hydrogens (tertiary/aromatic N) is 1. The molecule has 1 saturated carbocycles. The highest BCUT2D eigenvalue weighted by Crippen LogP contribution is 2.57. The number of nitrogens with one attached hydrogen (secondary N) is 2. The molecule has 32 heavy (non-hydrogen) atoms. The summed E-state index contributed by atoms with van der Waals surface area (Å²) in [6, 6.07) is -0.803. The van der Waals surface area contributed by atoms with Crippen LogP contribution in [0.25, 0.3) is 0 Å². The molecule has 2 fully saturated rings. The Morgan fingerprint density at radius 3 is 2.22 bits per heavy atom. The lowest BCUT2D eigenvalue weighted by Gasteiger charge is -2.42. The van der Waals surface area contributed by atoms with Gasteiger partial charge in [-0.15, -0.1) is 23.4 Å². The second-order valence-electron chi connectivity index (χ2n) is 8.43. The first-order chi connectivity index (χ1) is 15.0. The molecule has 9 nitrogen and oxygen atoms in total. The van der Waals surface area contributed by atoms with E-state index in [-0.39, 0.29) is 37.8 Å². The quantitative estimate of drug-likeness (QED) is 0.342. The van der Waals surface area contributed by atoms with Gasteiger partial charge in [0, 0.05) is 4.75 Å². The molecule has 184 valence electrons. The van der Waals surface area contributed by atoms with Crippen LogP contribution in [0.4, 0.5) is 0 Å². The third kappa shape index (κ3) is 6.41. The van der Waals surface area contributed by atoms with Gasteiger partial charge in [0.25, 0.3) is 0 Å². The Morgan fingerprint density at radius 2 is 1.69 bits per heavy atom. The molecule has 3 amide bonds. The van der Waals surface area contributed by atoms with E-state index < -0.39 is 35.1 Å². The zero-order valence-corrected chi connectivity index (χ0v) is 21.7. The number of carbonyl (C=O) groups excluding carboxylic acids is 3. The number of amides is 3. The topological polar surface area (TPSA) is 114 Å². The molecule has 0 bridgehead atoms. The van der Waals surface area contributed by atoms with E-state index in [0.717, 1.165) is 32.1 Å². The Kier molecular flexibility index (Phi) is 9.91. The van der Waals surface area contributed by atoms with Crippen molar-refractivity contribution in [3.05, 3.63) is 0 Å². The highest BCUT2D eigenvalue weighted by atomic mass is 35.5. The summed E-state index contributed by atoms with van der Waals surface area (Å²) in [6.07, 6.45) is 4.27. The molecular weight excluding hydrogens is 477 g/mol. The van der Waals surface area contributed by atoms with Crippen LogP contribution in [0, 0.1) is 0 Å². The van der Waals surface area contributed by atoms with Gasteiger partial charge in [-0.3, -0.25) is 18.9 Å². The summed E-state index contributed by atoms with van der Waals surface area (Å²) in [7, 11) is -3.48. The van der Waals surface area contributed by atoms with E-state index in [4.69, 9.17) is 20.6 Å². The Bertz CT molecular complexity index is 737. The molecule has 0 aromatic rings. The van der Waals surface area contributed by atoms with E-state index in [9.17, 15) is 18.9 Å². The average molecular weight is 512 g/mol. The molecule has 1 heterocycles. The van der Waals surface area contributed by atoms with Crippen LogP contribution in [-0.4, -0.2) is 70.2 Å². The number of carbonyl (C=O) groups is 3. The molecule has 2 N–H and O–H groups in total. The highest BCUT2D eigenvalue weighted by molar-refractivity contribution is 8.02. The summed E-state index contributed by atoms with van der Waals surface area (Å²) in [5.41, 5.74) is 0. The summed E-state index contributed by atoms with van der Waals surface area (Å²) in [6.45, 7) is 7.42. The first-order valence-corrected chi connectivity index (χ1v) is 14.1. The second-order valence-corrected chi connectivity index (χ2v) is 12.8. The molecule has 12 heteroatoms. The maximum atomic E-state index is 13.4. The van der Waals surface area contributed by atoms with Crippen molar-refractivity contribution in [3.63, 3.8) is 0 Å². The van der Waals surface area contributed by atoms with Gasteiger partial charge in [0.05, 0.1) is 24.6 Å². The van der Waals surface area contributed by atoms with Crippen molar-refractivity contribution in [1.82, 2.24) is 15.5 Å². The molecule has 1 aliphatic carbocycles. The minimum atomic E-state index is -3.48. The van der Waals surface area contributed by atoms with Gasteiger partial charge >= 0.3 is 7.60 Å². The minimum absolute atomic E-state index is 0.186. The first kappa shape index (κ1) is 27.4. The molecular formula is C20H35ClN3O6PS. The largest absolute Gasteiger partial charge is 0.349 e. The zero-order chi connectivity index (χ0) is 24.0. The van der Waals surface area contributed by atoms with E-state index in [1.54, 1.807) is 30.5 Å². The lowest BCUT2D eigenvalue weighted by atomic mass is 9.90. The van der Waals surface area contributed by atoms with Crippen LogP contribution < -0.4 is 10.6 Å². The van der Waals surface area contributed by atoms with E-state index >= 15 is 0 Å². The van der Waals surface area contributed by atoms with Gasteiger partial charge in [-0.05, 0) is 40.5 Å². The van der Waals surface area contributed by atoms with Crippen LogP contribution in [-0.2, 0) is 28.0 Å². The van der Waals surface area contributed by atoms with Crippen molar-refractivity contribution in [3.8, 4) is 0 Å². The number of alkyl halides is 1. The van der Waals surface area contributed by atoms with E-state index in [2.05, 4.69) is 10.6 Å². The van der Waals surface area contributed by atoms with Gasteiger partial charge in [-0.1, -0.05) is 19.3 Å². The fraction of sp³-hybridized carbons (Fsp3) is 0.850. The molecule has 1 unspecified atom stereocenters. The number of rotatable bonds is 10. The molecule has 1 aliphatic heterocycles. The Labute approximate surface area is 199 Å². The SMILES string of the molecule is CCOP(=O)(CNC(=O)C1N(C(=O)CNC(=O)CCl)C2(CCCCC2)SC1(C)C)OCC. The average Bonchev–Trinajstić information content (AvgIpc) is 2.96. The van der Waals surface area contributed by atoms with Gasteiger partial charge in [0.2, 0.25) is 17.7 Å². The molecule has 2 aliphatic rings. The molecule has 2 rings (SSSR count). The third-order valence-electron chi connectivity index (χ3n) is 5.62. The van der Waals surface area contributed by atoms with Crippen LogP contribution in [0.5, 0.6) is 0 Å². The standard InChI is InChI=1S/C20H35ClN3O6PS/c1-5-29-31(28,30-6-2)14-23-18(27)17-19(3,4)32-20(10-8-7-9-11-20)24(17)16(26)13-22-15(25)12-21/h17H,5-14H2,1-4H3,(H,22,25)(H,23,27). The van der Waals surface area contributed by atoms with Crippen LogP contribution >= 0.6 is 31.0 Å². The maximum absolute atomic E-state index is 13.4. The molecule has 1 spiro atoms. The Hall–Kier alpha value is -0.800. The lowest BCUT2D eigenvalue weighted by molar-refractivity contribution is -0.144. The Balaban J connectivity index is 2.29. The zero-order valence-electron chi connectivity index (χ0n) is 19.3. The molecule has 1 atom stereocenters. The predicted octanol–water partition coefficient (Wildman–Crippen LogP) is 3.06. The number of hydrogen-bond donors (Lipinski definition) is 2. The summed E-state index contributed by atoms with van der Waals surface area (Å²) >= 11 is 7.17. The van der Waals surface area contributed by atoms with Crippen molar-refractivity contribution in [1.29, 1.82) is 0 Å². The summed E-state index contributed by atoms with van der Waals surface area (Å²) in [5.74, 6) is -1.44. The first-order valence-electron chi connectivity index (χ1n) is 11.0. The van der Waals surface area contributed by atoms with Gasteiger partial charge in [-0.2, -0.15) is 0 Å². The summed E-state index contributed by atoms with van der Waals surface area (Å²) in [5, 5.41) is 5.23. The molecule has 0 radical (unpaired) electrons. The smallest absolute Gasteiger partial charge is 0.346 e. The van der Waals surface area contributed by atoms with E-state index in [1.165, 1.54) is 0 Å². The monoisotopic (exact) mass is 511 g/mol. The normalized spacial score (nSPS) is 22.0. The van der Waals surface area contributed by atoms with Crippen molar-refractivity contribution in [2.75, 3.05) is 31.9 Å². The van der Waals surface area contributed by atoms with Crippen molar-refractivity contribution in [2.45, 2.75) is 75.5 Å². The third-order valence-corrected chi connectivity index (χ3v) is 9.44. The number of thioether (sulfide) groups is 1.